The van der Waals surface area contributed by atoms with Gasteiger partial charge in [0.15, 0.2) is 0 Å². The van der Waals surface area contributed by atoms with Gasteiger partial charge in [0.05, 0.1) is 6.20 Å². The molecule has 2 nitrogen and oxygen atoms in total. The number of hydrogen-bond acceptors (Lipinski definition) is 2. The number of aryl methyl sites for hydroxylation is 1. The Hall–Kier alpha value is -1.35. The van der Waals surface area contributed by atoms with Crippen molar-refractivity contribution in [1.29, 1.82) is 0 Å². The number of pyridine rings is 1. The van der Waals surface area contributed by atoms with E-state index >= 15 is 0 Å². The van der Waals surface area contributed by atoms with Crippen molar-refractivity contribution in [3.63, 3.8) is 0 Å². The summed E-state index contributed by atoms with van der Waals surface area (Å²) in [6.45, 7) is 2.12. The molecular weight excluding hydrogens is 266 g/mol. The molecule has 0 amide bonds. The minimum atomic E-state index is 0.739. The lowest BCUT2D eigenvalue weighted by Gasteiger charge is -2.06. The lowest BCUT2D eigenvalue weighted by atomic mass is 10.2. The molecule has 0 spiro atoms. The predicted molar refractivity (Wildman–Crippen MR) is 67.8 cm³/mol. The first-order chi connectivity index (χ1) is 7.78. The number of halogens is 1. The number of hydrogen-bond donors (Lipinski definition) is 0. The summed E-state index contributed by atoms with van der Waals surface area (Å²) in [7, 11) is 0. The van der Waals surface area contributed by atoms with E-state index in [9.17, 15) is 0 Å². The highest BCUT2D eigenvalue weighted by molar-refractivity contribution is 9.10. The summed E-state index contributed by atoms with van der Waals surface area (Å²) < 4.78 is 6.62. The summed E-state index contributed by atoms with van der Waals surface area (Å²) >= 11 is 3.36. The summed E-state index contributed by atoms with van der Waals surface area (Å²) in [5.74, 6) is 1.59. The van der Waals surface area contributed by atoms with E-state index in [1.165, 1.54) is 5.56 Å². The second-order valence-electron chi connectivity index (χ2n) is 3.44. The topological polar surface area (TPSA) is 22.1 Å². The van der Waals surface area contributed by atoms with E-state index in [1.807, 2.05) is 24.3 Å². The largest absolute Gasteiger partial charge is 0.456 e. The number of nitrogens with zero attached hydrogens (tertiary/aromatic N) is 1. The number of ether oxygens (including phenoxy) is 1. The first-order valence-corrected chi connectivity index (χ1v) is 5.94. The smallest absolute Gasteiger partial charge is 0.146 e. The second-order valence-corrected chi connectivity index (χ2v) is 4.36. The highest BCUT2D eigenvalue weighted by atomic mass is 79.9. The molecule has 0 saturated heterocycles. The van der Waals surface area contributed by atoms with Crippen LogP contribution in [0.25, 0.3) is 0 Å². The van der Waals surface area contributed by atoms with E-state index in [0.717, 1.165) is 22.4 Å². The maximum atomic E-state index is 5.71. The third-order valence-corrected chi connectivity index (χ3v) is 2.66. The Morgan fingerprint density at radius 2 is 2.06 bits per heavy atom. The van der Waals surface area contributed by atoms with E-state index in [4.69, 9.17) is 4.74 Å². The highest BCUT2D eigenvalue weighted by Crippen LogP contribution is 2.23. The van der Waals surface area contributed by atoms with Gasteiger partial charge in [0.25, 0.3) is 0 Å². The van der Waals surface area contributed by atoms with Gasteiger partial charge in [-0.3, -0.25) is 4.98 Å². The predicted octanol–water partition coefficient (Wildman–Crippen LogP) is 4.20. The number of rotatable bonds is 3. The van der Waals surface area contributed by atoms with Crippen LogP contribution >= 0.6 is 15.9 Å². The fraction of sp³-hybridized carbons (Fsp3) is 0.154. The van der Waals surface area contributed by atoms with Gasteiger partial charge < -0.3 is 4.74 Å². The van der Waals surface area contributed by atoms with Gasteiger partial charge in [-0.05, 0) is 46.1 Å². The maximum Gasteiger partial charge on any atom is 0.146 e. The number of benzene rings is 1. The van der Waals surface area contributed by atoms with Crippen molar-refractivity contribution in [2.45, 2.75) is 13.3 Å². The van der Waals surface area contributed by atoms with Crippen molar-refractivity contribution in [2.24, 2.45) is 0 Å². The molecule has 2 rings (SSSR count). The van der Waals surface area contributed by atoms with Crippen LogP contribution in [0.3, 0.4) is 0 Å². The third kappa shape index (κ3) is 2.83. The van der Waals surface area contributed by atoms with Gasteiger partial charge in [-0.15, -0.1) is 0 Å². The standard InChI is InChI=1S/C13H12BrNO/c1-2-10-4-3-5-12(6-10)16-13-7-11(14)8-15-9-13/h3-9H,2H2,1H3. The second kappa shape index (κ2) is 5.12. The maximum absolute atomic E-state index is 5.71. The molecule has 16 heavy (non-hydrogen) atoms. The first-order valence-electron chi connectivity index (χ1n) is 5.15. The van der Waals surface area contributed by atoms with Crippen LogP contribution in [0.15, 0.2) is 47.2 Å². The molecule has 0 atom stereocenters. The van der Waals surface area contributed by atoms with E-state index in [-0.39, 0.29) is 0 Å². The quantitative estimate of drug-likeness (QED) is 0.839. The molecule has 0 aliphatic rings. The Kier molecular flexibility index (Phi) is 3.57. The van der Waals surface area contributed by atoms with Crippen LogP contribution in [0.4, 0.5) is 0 Å². The zero-order valence-electron chi connectivity index (χ0n) is 8.98. The molecule has 3 heteroatoms. The fourth-order valence-corrected chi connectivity index (χ4v) is 1.76. The first kappa shape index (κ1) is 11.1. The zero-order valence-corrected chi connectivity index (χ0v) is 10.6. The normalized spacial score (nSPS) is 10.1. The van der Waals surface area contributed by atoms with Gasteiger partial charge in [-0.25, -0.2) is 0 Å². The minimum absolute atomic E-state index is 0.739. The van der Waals surface area contributed by atoms with E-state index in [2.05, 4.69) is 33.9 Å². The Bertz CT molecular complexity index is 485. The van der Waals surface area contributed by atoms with E-state index < -0.39 is 0 Å². The Balaban J connectivity index is 2.20. The van der Waals surface area contributed by atoms with Crippen molar-refractivity contribution in [3.05, 3.63) is 52.8 Å². The van der Waals surface area contributed by atoms with Gasteiger partial charge in [-0.2, -0.15) is 0 Å². The molecule has 0 saturated carbocycles. The Labute approximate surface area is 103 Å². The zero-order chi connectivity index (χ0) is 11.4. The van der Waals surface area contributed by atoms with Crippen molar-refractivity contribution in [1.82, 2.24) is 4.98 Å². The van der Waals surface area contributed by atoms with E-state index in [1.54, 1.807) is 12.4 Å². The molecule has 0 aliphatic carbocycles. The van der Waals surface area contributed by atoms with Crippen molar-refractivity contribution in [2.75, 3.05) is 0 Å². The van der Waals surface area contributed by atoms with Gasteiger partial charge >= 0.3 is 0 Å². The van der Waals surface area contributed by atoms with Crippen LogP contribution < -0.4 is 4.74 Å². The van der Waals surface area contributed by atoms with Gasteiger partial charge in [-0.1, -0.05) is 19.1 Å². The Morgan fingerprint density at radius 1 is 1.19 bits per heavy atom. The fourth-order valence-electron chi connectivity index (χ4n) is 1.41. The van der Waals surface area contributed by atoms with Crippen LogP contribution in [-0.2, 0) is 6.42 Å². The third-order valence-electron chi connectivity index (χ3n) is 2.22. The summed E-state index contributed by atoms with van der Waals surface area (Å²) in [5.41, 5.74) is 1.26. The monoisotopic (exact) mass is 277 g/mol. The van der Waals surface area contributed by atoms with Crippen molar-refractivity contribution >= 4 is 15.9 Å². The molecule has 0 N–H and O–H groups in total. The summed E-state index contributed by atoms with van der Waals surface area (Å²) in [6.07, 6.45) is 4.44. The molecule has 0 fully saturated rings. The molecule has 0 radical (unpaired) electrons. The van der Waals surface area contributed by atoms with Crippen LogP contribution in [0.1, 0.15) is 12.5 Å². The van der Waals surface area contributed by atoms with Gasteiger partial charge in [0.1, 0.15) is 11.5 Å². The Morgan fingerprint density at radius 3 is 2.81 bits per heavy atom. The molecule has 0 unspecified atom stereocenters. The lowest BCUT2D eigenvalue weighted by molar-refractivity contribution is 0.479. The summed E-state index contributed by atoms with van der Waals surface area (Å²) in [6, 6.07) is 9.97. The molecule has 0 bridgehead atoms. The molecule has 1 heterocycles. The summed E-state index contributed by atoms with van der Waals surface area (Å²) in [4.78, 5) is 4.05. The average molecular weight is 278 g/mol. The van der Waals surface area contributed by atoms with E-state index in [0.29, 0.717) is 0 Å². The number of aromatic nitrogens is 1. The summed E-state index contributed by atoms with van der Waals surface area (Å²) in [5, 5.41) is 0. The van der Waals surface area contributed by atoms with Crippen LogP contribution in [0, 0.1) is 0 Å². The molecule has 1 aromatic carbocycles. The molecule has 82 valence electrons. The lowest BCUT2D eigenvalue weighted by Crippen LogP contribution is -1.87. The molecule has 2 aromatic rings. The molecular formula is C13H12BrNO. The van der Waals surface area contributed by atoms with Gasteiger partial charge in [0, 0.05) is 10.7 Å². The average Bonchev–Trinajstić information content (AvgIpc) is 2.29. The molecule has 0 aliphatic heterocycles. The van der Waals surface area contributed by atoms with Gasteiger partial charge in [0.2, 0.25) is 0 Å². The van der Waals surface area contributed by atoms with Crippen LogP contribution in [0.2, 0.25) is 0 Å². The molecule has 1 aromatic heterocycles. The minimum Gasteiger partial charge on any atom is -0.456 e. The van der Waals surface area contributed by atoms with Crippen molar-refractivity contribution in [3.8, 4) is 11.5 Å². The van der Waals surface area contributed by atoms with Crippen LogP contribution in [0.5, 0.6) is 11.5 Å². The van der Waals surface area contributed by atoms with Crippen molar-refractivity contribution < 1.29 is 4.74 Å². The SMILES string of the molecule is CCc1cccc(Oc2cncc(Br)c2)c1. The van der Waals surface area contributed by atoms with Crippen LogP contribution in [-0.4, -0.2) is 4.98 Å². The highest BCUT2D eigenvalue weighted by Gasteiger charge is 1.99.